The topological polar surface area (TPSA) is 97.7 Å². The van der Waals surface area contributed by atoms with E-state index in [0.29, 0.717) is 47.2 Å². The second kappa shape index (κ2) is 9.22. The molecular weight excluding hydrogens is 474 g/mol. The molecule has 0 unspecified atom stereocenters. The molecule has 0 saturated carbocycles. The number of carbonyl (C=O) groups is 1. The van der Waals surface area contributed by atoms with Gasteiger partial charge in [0.05, 0.1) is 34.0 Å². The van der Waals surface area contributed by atoms with Gasteiger partial charge in [-0.1, -0.05) is 29.0 Å². The second-order valence-corrected chi connectivity index (χ2v) is 10.5. The Morgan fingerprint density at radius 2 is 1.94 bits per heavy atom. The Bertz CT molecular complexity index is 1330. The van der Waals surface area contributed by atoms with Crippen LogP contribution in [0.4, 0.5) is 5.69 Å². The smallest absolute Gasteiger partial charge is 0.308 e. The molecule has 0 radical (unpaired) electrons. The maximum Gasteiger partial charge on any atom is 0.308 e. The third-order valence-electron chi connectivity index (χ3n) is 5.29. The number of morpholine rings is 1. The van der Waals surface area contributed by atoms with E-state index in [9.17, 15) is 18.0 Å². The molecular formula is C21H22ClN3O5S2. The molecule has 1 saturated heterocycles. The molecule has 0 spiro atoms. The number of rotatable bonds is 6. The SMILES string of the molecule is Cc1ccc(NS(=O)(=O)c2ccc3c(c2)sc(=O)n3CCC(=O)N2CCOCC2)cc1Cl. The molecule has 1 aliphatic heterocycles. The molecule has 1 fully saturated rings. The molecule has 11 heteroatoms. The van der Waals surface area contributed by atoms with Gasteiger partial charge in [-0.25, -0.2) is 8.42 Å². The van der Waals surface area contributed by atoms with Crippen LogP contribution in [0.1, 0.15) is 12.0 Å². The first-order chi connectivity index (χ1) is 15.2. The van der Waals surface area contributed by atoms with Gasteiger partial charge in [-0.15, -0.1) is 0 Å². The summed E-state index contributed by atoms with van der Waals surface area (Å²) in [7, 11) is -3.86. The van der Waals surface area contributed by atoms with Crippen molar-refractivity contribution in [3.8, 4) is 0 Å². The first-order valence-electron chi connectivity index (χ1n) is 10.0. The van der Waals surface area contributed by atoms with Gasteiger partial charge in [0, 0.05) is 31.1 Å². The highest BCUT2D eigenvalue weighted by Gasteiger charge is 2.20. The number of benzene rings is 2. The Labute approximate surface area is 194 Å². The summed E-state index contributed by atoms with van der Waals surface area (Å²) < 4.78 is 35.5. The quantitative estimate of drug-likeness (QED) is 0.566. The summed E-state index contributed by atoms with van der Waals surface area (Å²) in [5.41, 5.74) is 1.80. The molecule has 32 heavy (non-hydrogen) atoms. The van der Waals surface area contributed by atoms with Crippen LogP contribution in [0.3, 0.4) is 0 Å². The van der Waals surface area contributed by atoms with Gasteiger partial charge < -0.3 is 9.64 Å². The molecule has 0 atom stereocenters. The zero-order valence-electron chi connectivity index (χ0n) is 17.3. The number of fused-ring (bicyclic) bond motifs is 1. The second-order valence-electron chi connectivity index (χ2n) is 7.46. The number of nitrogens with one attached hydrogen (secondary N) is 1. The summed E-state index contributed by atoms with van der Waals surface area (Å²) in [4.78, 5) is 26.5. The van der Waals surface area contributed by atoms with Gasteiger partial charge in [-0.3, -0.25) is 18.9 Å². The van der Waals surface area contributed by atoms with Crippen molar-refractivity contribution in [1.29, 1.82) is 0 Å². The number of aromatic nitrogens is 1. The van der Waals surface area contributed by atoms with Gasteiger partial charge in [-0.2, -0.15) is 0 Å². The van der Waals surface area contributed by atoms with Crippen LogP contribution >= 0.6 is 22.9 Å². The Kier molecular flexibility index (Phi) is 6.57. The van der Waals surface area contributed by atoms with Crippen LogP contribution in [0, 0.1) is 6.92 Å². The highest BCUT2D eigenvalue weighted by atomic mass is 35.5. The van der Waals surface area contributed by atoms with Crippen molar-refractivity contribution in [2.45, 2.75) is 24.8 Å². The summed E-state index contributed by atoms with van der Waals surface area (Å²) in [5, 5.41) is 0.461. The number of hydrogen-bond acceptors (Lipinski definition) is 6. The number of sulfonamides is 1. The van der Waals surface area contributed by atoms with Crippen molar-refractivity contribution in [3.05, 3.63) is 56.7 Å². The Morgan fingerprint density at radius 3 is 2.66 bits per heavy atom. The van der Waals surface area contributed by atoms with E-state index in [2.05, 4.69) is 4.72 Å². The molecule has 1 N–H and O–H groups in total. The minimum Gasteiger partial charge on any atom is -0.378 e. The van der Waals surface area contributed by atoms with Crippen LogP contribution in [-0.4, -0.2) is 50.1 Å². The van der Waals surface area contributed by atoms with Crippen molar-refractivity contribution in [2.24, 2.45) is 0 Å². The Morgan fingerprint density at radius 1 is 1.19 bits per heavy atom. The first-order valence-corrected chi connectivity index (χ1v) is 12.7. The molecule has 170 valence electrons. The maximum atomic E-state index is 12.8. The molecule has 8 nitrogen and oxygen atoms in total. The lowest BCUT2D eigenvalue weighted by atomic mass is 10.2. The van der Waals surface area contributed by atoms with Gasteiger partial charge in [0.15, 0.2) is 0 Å². The third kappa shape index (κ3) is 4.83. The van der Waals surface area contributed by atoms with E-state index in [1.54, 1.807) is 29.2 Å². The molecule has 2 heterocycles. The van der Waals surface area contributed by atoms with E-state index in [-0.39, 0.29) is 28.6 Å². The molecule has 1 amide bonds. The van der Waals surface area contributed by atoms with Crippen LogP contribution in [0.5, 0.6) is 0 Å². The van der Waals surface area contributed by atoms with Gasteiger partial charge in [0.1, 0.15) is 0 Å². The highest BCUT2D eigenvalue weighted by Crippen LogP contribution is 2.26. The van der Waals surface area contributed by atoms with Gasteiger partial charge >= 0.3 is 4.87 Å². The fraction of sp³-hybridized carbons (Fsp3) is 0.333. The predicted molar refractivity (Wildman–Crippen MR) is 125 cm³/mol. The summed E-state index contributed by atoms with van der Waals surface area (Å²) in [6, 6.07) is 9.44. The third-order valence-corrected chi connectivity index (χ3v) is 8.02. The average molecular weight is 496 g/mol. The molecule has 1 aromatic heterocycles. The van der Waals surface area contributed by atoms with E-state index >= 15 is 0 Å². The Hall–Kier alpha value is -2.40. The monoisotopic (exact) mass is 495 g/mol. The number of halogens is 1. The number of carbonyl (C=O) groups excluding carboxylic acids is 1. The lowest BCUT2D eigenvalue weighted by Gasteiger charge is -2.26. The molecule has 4 rings (SSSR count). The van der Waals surface area contributed by atoms with Crippen molar-refractivity contribution in [1.82, 2.24) is 9.47 Å². The van der Waals surface area contributed by atoms with Crippen LogP contribution in [-0.2, 0) is 26.1 Å². The largest absolute Gasteiger partial charge is 0.378 e. The number of hydrogen-bond donors (Lipinski definition) is 1. The van der Waals surface area contributed by atoms with Gasteiger partial charge in [-0.05, 0) is 42.8 Å². The van der Waals surface area contributed by atoms with Gasteiger partial charge in [0.25, 0.3) is 10.0 Å². The summed E-state index contributed by atoms with van der Waals surface area (Å²) in [5.74, 6) is -0.0280. The number of nitrogens with zero attached hydrogens (tertiary/aromatic N) is 2. The number of amides is 1. The lowest BCUT2D eigenvalue weighted by molar-refractivity contribution is -0.135. The van der Waals surface area contributed by atoms with E-state index in [1.165, 1.54) is 16.7 Å². The number of thiazole rings is 1. The number of anilines is 1. The van der Waals surface area contributed by atoms with Crippen LogP contribution < -0.4 is 9.60 Å². The van der Waals surface area contributed by atoms with Crippen molar-refractivity contribution in [3.63, 3.8) is 0 Å². The summed E-state index contributed by atoms with van der Waals surface area (Å²) in [6.45, 7) is 4.22. The maximum absolute atomic E-state index is 12.8. The normalized spacial score (nSPS) is 14.6. The zero-order valence-corrected chi connectivity index (χ0v) is 19.7. The van der Waals surface area contributed by atoms with Crippen molar-refractivity contribution in [2.75, 3.05) is 31.0 Å². The van der Waals surface area contributed by atoms with Crippen LogP contribution in [0.15, 0.2) is 46.1 Å². The van der Waals surface area contributed by atoms with Gasteiger partial charge in [0.2, 0.25) is 5.91 Å². The van der Waals surface area contributed by atoms with Crippen LogP contribution in [0.2, 0.25) is 5.02 Å². The minimum absolute atomic E-state index is 0.0280. The highest BCUT2D eigenvalue weighted by molar-refractivity contribution is 7.92. The zero-order chi connectivity index (χ0) is 22.9. The minimum atomic E-state index is -3.86. The first kappa shape index (κ1) is 22.8. The van der Waals surface area contributed by atoms with E-state index in [1.807, 2.05) is 6.92 Å². The number of aryl methyl sites for hydroxylation is 2. The summed E-state index contributed by atoms with van der Waals surface area (Å²) >= 11 is 7.04. The molecule has 2 aromatic carbocycles. The summed E-state index contributed by atoms with van der Waals surface area (Å²) in [6.07, 6.45) is 0.196. The predicted octanol–water partition coefficient (Wildman–Crippen LogP) is 3.07. The van der Waals surface area contributed by atoms with Crippen molar-refractivity contribution >= 4 is 54.8 Å². The standard InChI is InChI=1S/C21H22ClN3O5S2/c1-14-2-3-15(12-17(14)22)23-32(28,29)16-4-5-18-19(13-16)31-21(27)25(18)7-6-20(26)24-8-10-30-11-9-24/h2-5,12-13,23H,6-11H2,1H3. The van der Waals surface area contributed by atoms with Crippen LogP contribution in [0.25, 0.3) is 10.2 Å². The van der Waals surface area contributed by atoms with Crippen molar-refractivity contribution < 1.29 is 17.9 Å². The number of ether oxygens (including phenoxy) is 1. The fourth-order valence-electron chi connectivity index (χ4n) is 3.47. The molecule has 0 aliphatic carbocycles. The van der Waals surface area contributed by atoms with E-state index < -0.39 is 10.0 Å². The fourth-order valence-corrected chi connectivity index (χ4v) is 5.76. The molecule has 1 aliphatic rings. The Balaban J connectivity index is 1.54. The average Bonchev–Trinajstić information content (AvgIpc) is 3.09. The lowest BCUT2D eigenvalue weighted by Crippen LogP contribution is -2.41. The molecule has 0 bridgehead atoms. The molecule has 3 aromatic rings. The van der Waals surface area contributed by atoms with E-state index in [0.717, 1.165) is 16.9 Å². The van der Waals surface area contributed by atoms with E-state index in [4.69, 9.17) is 16.3 Å².